The fraction of sp³-hybridized carbons (Fsp3) is 0.250. The van der Waals surface area contributed by atoms with Gasteiger partial charge in [0, 0.05) is 18.0 Å². The second-order valence-electron chi connectivity index (χ2n) is 7.30. The van der Waals surface area contributed by atoms with Gasteiger partial charge in [0.1, 0.15) is 30.6 Å². The zero-order valence-electron chi connectivity index (χ0n) is 18.5. The number of rotatable bonds is 10. The summed E-state index contributed by atoms with van der Waals surface area (Å²) in [5.41, 5.74) is 1.95. The molecule has 3 rings (SSSR count). The molecule has 0 atom stereocenters. The molecule has 0 amide bonds. The first-order valence-electron chi connectivity index (χ1n) is 10.3. The molecular formula is C24H21F5N2O4. The van der Waals surface area contributed by atoms with Crippen LogP contribution in [0.25, 0.3) is 0 Å². The van der Waals surface area contributed by atoms with Crippen molar-refractivity contribution < 1.29 is 41.1 Å². The van der Waals surface area contributed by atoms with Gasteiger partial charge in [0.05, 0.1) is 19.2 Å². The Hall–Kier alpha value is -3.89. The van der Waals surface area contributed by atoms with Crippen LogP contribution in [0.15, 0.2) is 66.1 Å². The van der Waals surface area contributed by atoms with Crippen LogP contribution in [-0.4, -0.2) is 43.0 Å². The van der Waals surface area contributed by atoms with Gasteiger partial charge < -0.3 is 18.9 Å². The SMILES string of the molecule is COC(=O)c1cn(C/C(=N\OCCF)c2cccc(OC(F)(F)F)c2)cc1Cc1ccc(F)cc1. The van der Waals surface area contributed by atoms with Crippen LogP contribution in [-0.2, 0) is 22.5 Å². The first-order chi connectivity index (χ1) is 16.7. The van der Waals surface area contributed by atoms with E-state index in [4.69, 9.17) is 9.57 Å². The number of hydrogen-bond acceptors (Lipinski definition) is 5. The number of benzene rings is 2. The molecule has 11 heteroatoms. The molecule has 35 heavy (non-hydrogen) atoms. The van der Waals surface area contributed by atoms with Crippen molar-refractivity contribution in [3.8, 4) is 5.75 Å². The molecular weight excluding hydrogens is 475 g/mol. The Labute approximate surface area is 197 Å². The first-order valence-corrected chi connectivity index (χ1v) is 10.3. The zero-order chi connectivity index (χ0) is 25.4. The van der Waals surface area contributed by atoms with E-state index >= 15 is 0 Å². The number of halogens is 5. The molecule has 3 aromatic rings. The van der Waals surface area contributed by atoms with Gasteiger partial charge in [0.2, 0.25) is 0 Å². The normalized spacial score (nSPS) is 11.9. The second-order valence-corrected chi connectivity index (χ2v) is 7.30. The van der Waals surface area contributed by atoms with E-state index in [0.717, 1.165) is 17.7 Å². The maximum atomic E-state index is 13.2. The van der Waals surface area contributed by atoms with Gasteiger partial charge >= 0.3 is 12.3 Å². The quantitative estimate of drug-likeness (QED) is 0.126. The molecule has 0 saturated carbocycles. The molecule has 1 aromatic heterocycles. The van der Waals surface area contributed by atoms with E-state index in [2.05, 4.69) is 9.89 Å². The third-order valence-electron chi connectivity index (χ3n) is 4.75. The topological polar surface area (TPSA) is 62.1 Å². The molecule has 0 radical (unpaired) electrons. The summed E-state index contributed by atoms with van der Waals surface area (Å²) in [7, 11) is 1.23. The summed E-state index contributed by atoms with van der Waals surface area (Å²) >= 11 is 0. The number of aromatic nitrogens is 1. The zero-order valence-corrected chi connectivity index (χ0v) is 18.5. The monoisotopic (exact) mass is 496 g/mol. The van der Waals surface area contributed by atoms with E-state index in [1.807, 2.05) is 0 Å². The number of carbonyl (C=O) groups is 1. The summed E-state index contributed by atoms with van der Waals surface area (Å²) in [5.74, 6) is -1.47. The molecule has 0 fully saturated rings. The van der Waals surface area contributed by atoms with Crippen molar-refractivity contribution in [2.75, 3.05) is 20.4 Å². The van der Waals surface area contributed by atoms with Crippen molar-refractivity contribution in [1.82, 2.24) is 4.57 Å². The Morgan fingerprint density at radius 2 is 1.83 bits per heavy atom. The Bertz CT molecular complexity index is 1170. The number of oxime groups is 1. The predicted molar refractivity (Wildman–Crippen MR) is 117 cm³/mol. The van der Waals surface area contributed by atoms with Gasteiger partial charge in [0.15, 0.2) is 0 Å². The summed E-state index contributed by atoms with van der Waals surface area (Å²) in [6.45, 7) is -1.20. The average Bonchev–Trinajstić information content (AvgIpc) is 3.20. The van der Waals surface area contributed by atoms with Crippen LogP contribution in [0.1, 0.15) is 27.0 Å². The third kappa shape index (κ3) is 7.56. The minimum absolute atomic E-state index is 0.0326. The molecule has 0 unspecified atom stereocenters. The van der Waals surface area contributed by atoms with Crippen LogP contribution in [0.4, 0.5) is 22.0 Å². The van der Waals surface area contributed by atoms with Crippen LogP contribution in [0.2, 0.25) is 0 Å². The first kappa shape index (κ1) is 25.7. The van der Waals surface area contributed by atoms with Crippen molar-refractivity contribution >= 4 is 11.7 Å². The number of alkyl halides is 4. The third-order valence-corrected chi connectivity index (χ3v) is 4.75. The van der Waals surface area contributed by atoms with Crippen molar-refractivity contribution in [3.63, 3.8) is 0 Å². The Morgan fingerprint density at radius 3 is 2.49 bits per heavy atom. The van der Waals surface area contributed by atoms with Gasteiger partial charge in [0.25, 0.3) is 0 Å². The van der Waals surface area contributed by atoms with Crippen molar-refractivity contribution in [2.45, 2.75) is 19.3 Å². The standard InChI is InChI=1S/C24H21F5N2O4/c1-33-23(32)21-14-31(13-18(21)11-16-5-7-19(26)8-6-16)15-22(30-34-10-9-25)17-3-2-4-20(12-17)35-24(27,28)29/h2-8,12-14H,9-11,15H2,1H3/b30-22+. The van der Waals surface area contributed by atoms with Crippen LogP contribution >= 0.6 is 0 Å². The molecule has 2 aromatic carbocycles. The molecule has 0 aliphatic rings. The van der Waals surface area contributed by atoms with Gasteiger partial charge in [-0.25, -0.2) is 13.6 Å². The van der Waals surface area contributed by atoms with E-state index in [1.165, 1.54) is 37.6 Å². The lowest BCUT2D eigenvalue weighted by Gasteiger charge is -2.12. The predicted octanol–water partition coefficient (Wildman–Crippen LogP) is 5.29. The molecule has 1 heterocycles. The largest absolute Gasteiger partial charge is 0.573 e. The lowest BCUT2D eigenvalue weighted by atomic mass is 10.0. The van der Waals surface area contributed by atoms with Crippen molar-refractivity contribution in [1.29, 1.82) is 0 Å². The number of carbonyl (C=O) groups excluding carboxylic acids is 1. The second kappa shape index (κ2) is 11.5. The minimum Gasteiger partial charge on any atom is -0.465 e. The molecule has 0 N–H and O–H groups in total. The van der Waals surface area contributed by atoms with Gasteiger partial charge in [-0.2, -0.15) is 0 Å². The summed E-state index contributed by atoms with van der Waals surface area (Å²) in [6, 6.07) is 10.8. The number of esters is 1. The van der Waals surface area contributed by atoms with E-state index in [1.54, 1.807) is 22.9 Å². The van der Waals surface area contributed by atoms with Crippen LogP contribution in [0.5, 0.6) is 5.75 Å². The molecule has 0 spiro atoms. The summed E-state index contributed by atoms with van der Waals surface area (Å²) in [5, 5.41) is 3.88. The molecule has 6 nitrogen and oxygen atoms in total. The molecule has 0 bridgehead atoms. The van der Waals surface area contributed by atoms with Crippen LogP contribution in [0, 0.1) is 5.82 Å². The molecule has 0 saturated heterocycles. The van der Waals surface area contributed by atoms with Gasteiger partial charge in [-0.1, -0.05) is 29.4 Å². The molecule has 186 valence electrons. The fourth-order valence-electron chi connectivity index (χ4n) is 3.28. The fourth-order valence-corrected chi connectivity index (χ4v) is 3.28. The molecule has 0 aliphatic heterocycles. The van der Waals surface area contributed by atoms with E-state index in [0.29, 0.717) is 5.56 Å². The van der Waals surface area contributed by atoms with Crippen molar-refractivity contribution in [2.24, 2.45) is 5.16 Å². The Balaban J connectivity index is 1.93. The van der Waals surface area contributed by atoms with Gasteiger partial charge in [-0.15, -0.1) is 13.2 Å². The summed E-state index contributed by atoms with van der Waals surface area (Å²) in [6.07, 6.45) is -1.47. The summed E-state index contributed by atoms with van der Waals surface area (Å²) < 4.78 is 74.1. The number of ether oxygens (including phenoxy) is 2. The smallest absolute Gasteiger partial charge is 0.465 e. The Kier molecular flexibility index (Phi) is 8.45. The highest BCUT2D eigenvalue weighted by Crippen LogP contribution is 2.24. The minimum atomic E-state index is -4.88. The van der Waals surface area contributed by atoms with E-state index < -0.39 is 30.6 Å². The lowest BCUT2D eigenvalue weighted by Crippen LogP contribution is -2.18. The van der Waals surface area contributed by atoms with Gasteiger partial charge in [-0.3, -0.25) is 0 Å². The van der Waals surface area contributed by atoms with Crippen LogP contribution in [0.3, 0.4) is 0 Å². The van der Waals surface area contributed by atoms with Crippen molar-refractivity contribution in [3.05, 3.63) is 89.0 Å². The Morgan fingerprint density at radius 1 is 1.09 bits per heavy atom. The van der Waals surface area contributed by atoms with E-state index in [9.17, 15) is 26.7 Å². The molecule has 0 aliphatic carbocycles. The maximum absolute atomic E-state index is 13.2. The summed E-state index contributed by atoms with van der Waals surface area (Å²) in [4.78, 5) is 17.3. The van der Waals surface area contributed by atoms with Crippen LogP contribution < -0.4 is 4.74 Å². The average molecular weight is 496 g/mol. The maximum Gasteiger partial charge on any atom is 0.573 e. The number of nitrogens with zero attached hydrogens (tertiary/aromatic N) is 2. The number of hydrogen-bond donors (Lipinski definition) is 0. The van der Waals surface area contributed by atoms with E-state index in [-0.39, 0.29) is 36.4 Å². The van der Waals surface area contributed by atoms with Gasteiger partial charge in [-0.05, 0) is 41.8 Å². The number of methoxy groups -OCH3 is 1. The highest BCUT2D eigenvalue weighted by Gasteiger charge is 2.31. The highest BCUT2D eigenvalue weighted by molar-refractivity contribution is 6.00. The lowest BCUT2D eigenvalue weighted by molar-refractivity contribution is -0.274. The highest BCUT2D eigenvalue weighted by atomic mass is 19.4.